The molecular formula is C11H11NO6. The SMILES string of the molecule is CCOC(=O)C1COc2cc([N+](=O)[O-])ccc2O1. The first-order chi connectivity index (χ1) is 8.61. The summed E-state index contributed by atoms with van der Waals surface area (Å²) in [7, 11) is 0. The van der Waals surface area contributed by atoms with Gasteiger partial charge < -0.3 is 14.2 Å². The lowest BCUT2D eigenvalue weighted by atomic mass is 10.2. The van der Waals surface area contributed by atoms with Crippen LogP contribution in [0.3, 0.4) is 0 Å². The minimum Gasteiger partial charge on any atom is -0.485 e. The van der Waals surface area contributed by atoms with E-state index in [0.29, 0.717) is 5.75 Å². The van der Waals surface area contributed by atoms with Crippen molar-refractivity contribution in [3.8, 4) is 11.5 Å². The summed E-state index contributed by atoms with van der Waals surface area (Å²) in [6.45, 7) is 1.93. The average molecular weight is 253 g/mol. The molecule has 96 valence electrons. The summed E-state index contributed by atoms with van der Waals surface area (Å²) in [4.78, 5) is 21.5. The van der Waals surface area contributed by atoms with Crippen LogP contribution in [0, 0.1) is 10.1 Å². The maximum absolute atomic E-state index is 11.4. The lowest BCUT2D eigenvalue weighted by Crippen LogP contribution is -2.37. The van der Waals surface area contributed by atoms with Crippen LogP contribution in [-0.2, 0) is 9.53 Å². The lowest BCUT2D eigenvalue weighted by molar-refractivity contribution is -0.385. The summed E-state index contributed by atoms with van der Waals surface area (Å²) in [5.41, 5.74) is -0.0908. The second kappa shape index (κ2) is 4.91. The number of carbonyl (C=O) groups excluding carboxylic acids is 1. The Kier molecular flexibility index (Phi) is 3.31. The van der Waals surface area contributed by atoms with Gasteiger partial charge in [-0.05, 0) is 13.0 Å². The minimum atomic E-state index is -0.834. The van der Waals surface area contributed by atoms with Crippen LogP contribution in [0.4, 0.5) is 5.69 Å². The van der Waals surface area contributed by atoms with Gasteiger partial charge >= 0.3 is 5.97 Å². The summed E-state index contributed by atoms with van der Waals surface area (Å²) in [5, 5.41) is 10.6. The highest BCUT2D eigenvalue weighted by molar-refractivity contribution is 5.76. The van der Waals surface area contributed by atoms with Crippen LogP contribution in [0.5, 0.6) is 11.5 Å². The molecule has 1 unspecified atom stereocenters. The fourth-order valence-electron chi connectivity index (χ4n) is 1.52. The molecule has 0 saturated carbocycles. The van der Waals surface area contributed by atoms with Crippen LogP contribution in [0.15, 0.2) is 18.2 Å². The number of carbonyl (C=O) groups is 1. The number of hydrogen-bond acceptors (Lipinski definition) is 6. The normalized spacial score (nSPS) is 17.1. The highest BCUT2D eigenvalue weighted by Gasteiger charge is 2.29. The van der Waals surface area contributed by atoms with Gasteiger partial charge in [-0.25, -0.2) is 4.79 Å². The highest BCUT2D eigenvalue weighted by Crippen LogP contribution is 2.34. The van der Waals surface area contributed by atoms with Gasteiger partial charge in [-0.2, -0.15) is 0 Å². The highest BCUT2D eigenvalue weighted by atomic mass is 16.6. The first kappa shape index (κ1) is 12.2. The number of non-ortho nitro benzene ring substituents is 1. The van der Waals surface area contributed by atoms with E-state index in [1.807, 2.05) is 0 Å². The molecule has 1 atom stereocenters. The van der Waals surface area contributed by atoms with Crippen LogP contribution < -0.4 is 9.47 Å². The largest absolute Gasteiger partial charge is 0.485 e. The van der Waals surface area contributed by atoms with Crippen LogP contribution in [0.2, 0.25) is 0 Å². The number of benzene rings is 1. The number of ether oxygens (including phenoxy) is 3. The summed E-state index contributed by atoms with van der Waals surface area (Å²) in [6.07, 6.45) is -0.834. The fourth-order valence-corrected chi connectivity index (χ4v) is 1.52. The first-order valence-electron chi connectivity index (χ1n) is 5.36. The fraction of sp³-hybridized carbons (Fsp3) is 0.364. The smallest absolute Gasteiger partial charge is 0.350 e. The molecule has 7 heteroatoms. The van der Waals surface area contributed by atoms with Crippen molar-refractivity contribution in [1.82, 2.24) is 0 Å². The lowest BCUT2D eigenvalue weighted by Gasteiger charge is -2.24. The van der Waals surface area contributed by atoms with Gasteiger partial charge in [0.05, 0.1) is 17.6 Å². The van der Waals surface area contributed by atoms with Gasteiger partial charge in [0.1, 0.15) is 6.61 Å². The Hall–Kier alpha value is -2.31. The van der Waals surface area contributed by atoms with Crippen molar-refractivity contribution in [3.05, 3.63) is 28.3 Å². The third-order valence-electron chi connectivity index (χ3n) is 2.35. The van der Waals surface area contributed by atoms with Crippen molar-refractivity contribution in [1.29, 1.82) is 0 Å². The average Bonchev–Trinajstić information content (AvgIpc) is 2.37. The third-order valence-corrected chi connectivity index (χ3v) is 2.35. The molecule has 1 aromatic carbocycles. The van der Waals surface area contributed by atoms with Gasteiger partial charge in [0.15, 0.2) is 11.5 Å². The number of nitro benzene ring substituents is 1. The second-order valence-corrected chi connectivity index (χ2v) is 3.56. The zero-order chi connectivity index (χ0) is 13.1. The van der Waals surface area contributed by atoms with Gasteiger partial charge in [0, 0.05) is 6.07 Å². The van der Waals surface area contributed by atoms with Crippen LogP contribution >= 0.6 is 0 Å². The molecule has 7 nitrogen and oxygen atoms in total. The molecule has 0 N–H and O–H groups in total. The molecule has 1 aromatic rings. The Balaban J connectivity index is 2.16. The van der Waals surface area contributed by atoms with E-state index in [4.69, 9.17) is 14.2 Å². The molecule has 2 rings (SSSR count). The minimum absolute atomic E-state index is 0.0208. The molecular weight excluding hydrogens is 242 g/mol. The van der Waals surface area contributed by atoms with Gasteiger partial charge in [-0.3, -0.25) is 10.1 Å². The quantitative estimate of drug-likeness (QED) is 0.458. The second-order valence-electron chi connectivity index (χ2n) is 3.56. The Morgan fingerprint density at radius 2 is 2.33 bits per heavy atom. The monoisotopic (exact) mass is 253 g/mol. The molecule has 0 bridgehead atoms. The number of fused-ring (bicyclic) bond motifs is 1. The van der Waals surface area contributed by atoms with Crippen molar-refractivity contribution in [3.63, 3.8) is 0 Å². The van der Waals surface area contributed by atoms with Crippen LogP contribution in [0.1, 0.15) is 6.92 Å². The molecule has 1 heterocycles. The molecule has 18 heavy (non-hydrogen) atoms. The van der Waals surface area contributed by atoms with E-state index in [1.165, 1.54) is 18.2 Å². The molecule has 0 fully saturated rings. The topological polar surface area (TPSA) is 87.9 Å². The van der Waals surface area contributed by atoms with E-state index in [2.05, 4.69) is 0 Å². The summed E-state index contributed by atoms with van der Waals surface area (Å²) in [5.74, 6) is 0.0381. The van der Waals surface area contributed by atoms with Crippen LogP contribution in [-0.4, -0.2) is 30.2 Å². The van der Waals surface area contributed by atoms with E-state index in [-0.39, 0.29) is 24.7 Å². The van der Waals surface area contributed by atoms with E-state index < -0.39 is 17.0 Å². The van der Waals surface area contributed by atoms with Gasteiger partial charge in [0.2, 0.25) is 6.10 Å². The predicted octanol–water partition coefficient (Wildman–Crippen LogP) is 1.30. The molecule has 0 radical (unpaired) electrons. The summed E-state index contributed by atoms with van der Waals surface area (Å²) < 4.78 is 15.4. The van der Waals surface area contributed by atoms with Crippen LogP contribution in [0.25, 0.3) is 0 Å². The van der Waals surface area contributed by atoms with Crippen molar-refractivity contribution in [2.75, 3.05) is 13.2 Å². The van der Waals surface area contributed by atoms with E-state index in [0.717, 1.165) is 0 Å². The van der Waals surface area contributed by atoms with E-state index in [1.54, 1.807) is 6.92 Å². The van der Waals surface area contributed by atoms with Crippen molar-refractivity contribution >= 4 is 11.7 Å². The number of rotatable bonds is 3. The summed E-state index contributed by atoms with van der Waals surface area (Å²) in [6, 6.07) is 3.95. The molecule has 0 spiro atoms. The number of nitrogens with zero attached hydrogens (tertiary/aromatic N) is 1. The predicted molar refractivity (Wildman–Crippen MR) is 59.6 cm³/mol. The number of nitro groups is 1. The zero-order valence-corrected chi connectivity index (χ0v) is 9.62. The molecule has 1 aliphatic rings. The maximum Gasteiger partial charge on any atom is 0.350 e. The molecule has 1 aliphatic heterocycles. The number of esters is 1. The van der Waals surface area contributed by atoms with E-state index >= 15 is 0 Å². The van der Waals surface area contributed by atoms with Gasteiger partial charge in [-0.1, -0.05) is 0 Å². The first-order valence-corrected chi connectivity index (χ1v) is 5.36. The molecule has 0 amide bonds. The van der Waals surface area contributed by atoms with Crippen molar-refractivity contribution in [2.24, 2.45) is 0 Å². The third kappa shape index (κ3) is 2.34. The Morgan fingerprint density at radius 1 is 1.56 bits per heavy atom. The molecule has 0 saturated heterocycles. The maximum atomic E-state index is 11.4. The van der Waals surface area contributed by atoms with Gasteiger partial charge in [-0.15, -0.1) is 0 Å². The number of hydrogen-bond donors (Lipinski definition) is 0. The van der Waals surface area contributed by atoms with Crippen molar-refractivity contribution < 1.29 is 23.9 Å². The standard InChI is InChI=1S/C11H11NO6/c1-2-16-11(13)10-6-17-9-5-7(12(14)15)3-4-8(9)18-10/h3-5,10H,2,6H2,1H3. The van der Waals surface area contributed by atoms with Crippen molar-refractivity contribution in [2.45, 2.75) is 13.0 Å². The Bertz CT molecular complexity index is 486. The zero-order valence-electron chi connectivity index (χ0n) is 9.62. The molecule has 0 aliphatic carbocycles. The van der Waals surface area contributed by atoms with E-state index in [9.17, 15) is 14.9 Å². The Labute approximate surface area is 102 Å². The summed E-state index contributed by atoms with van der Waals surface area (Å²) >= 11 is 0. The van der Waals surface area contributed by atoms with Gasteiger partial charge in [0.25, 0.3) is 5.69 Å². The Morgan fingerprint density at radius 3 is 3.00 bits per heavy atom. The molecule has 0 aromatic heterocycles.